The summed E-state index contributed by atoms with van der Waals surface area (Å²) in [7, 11) is 0. The molecule has 142 valence electrons. The normalized spacial score (nSPS) is 10.3. The van der Waals surface area contributed by atoms with Crippen LogP contribution in [0.1, 0.15) is 21.5 Å². The summed E-state index contributed by atoms with van der Waals surface area (Å²) in [5, 5.41) is 2.98. The van der Waals surface area contributed by atoms with Crippen LogP contribution in [0.15, 0.2) is 109 Å². The van der Waals surface area contributed by atoms with E-state index < -0.39 is 0 Å². The molecule has 0 saturated heterocycles. The summed E-state index contributed by atoms with van der Waals surface area (Å²) < 4.78 is 5.80. The van der Waals surface area contributed by atoms with Crippen LogP contribution in [0, 0.1) is 0 Å². The van der Waals surface area contributed by atoms with E-state index in [9.17, 15) is 4.79 Å². The zero-order valence-electron chi connectivity index (χ0n) is 15.9. The van der Waals surface area contributed by atoms with Crippen molar-refractivity contribution in [2.45, 2.75) is 6.42 Å². The largest absolute Gasteiger partial charge is 0.457 e. The summed E-state index contributed by atoms with van der Waals surface area (Å²) in [5.74, 6) is 1.38. The maximum absolute atomic E-state index is 12.9. The number of hydrogen-bond acceptors (Lipinski definition) is 2. The molecule has 0 aliphatic carbocycles. The van der Waals surface area contributed by atoms with E-state index in [2.05, 4.69) is 17.4 Å². The lowest BCUT2D eigenvalue weighted by Crippen LogP contribution is -2.14. The predicted octanol–water partition coefficient (Wildman–Crippen LogP) is 6.32. The van der Waals surface area contributed by atoms with Gasteiger partial charge in [0.1, 0.15) is 11.5 Å². The van der Waals surface area contributed by atoms with Gasteiger partial charge < -0.3 is 10.1 Å². The quantitative estimate of drug-likeness (QED) is 0.425. The average Bonchev–Trinajstić information content (AvgIpc) is 2.77. The molecule has 4 rings (SSSR count). The van der Waals surface area contributed by atoms with E-state index in [4.69, 9.17) is 4.74 Å². The van der Waals surface area contributed by atoms with Crippen LogP contribution >= 0.6 is 0 Å². The first kappa shape index (κ1) is 18.5. The molecule has 0 bridgehead atoms. The van der Waals surface area contributed by atoms with Crippen molar-refractivity contribution in [2.24, 2.45) is 0 Å². The Balaban J connectivity index is 1.46. The second-order valence-corrected chi connectivity index (χ2v) is 6.71. The number of ether oxygens (including phenoxy) is 1. The van der Waals surface area contributed by atoms with Crippen molar-refractivity contribution in [2.75, 3.05) is 5.32 Å². The molecule has 3 nitrogen and oxygen atoms in total. The second kappa shape index (κ2) is 8.89. The van der Waals surface area contributed by atoms with Crippen LogP contribution < -0.4 is 10.1 Å². The van der Waals surface area contributed by atoms with E-state index in [-0.39, 0.29) is 5.91 Å². The van der Waals surface area contributed by atoms with Gasteiger partial charge in [-0.2, -0.15) is 0 Å². The van der Waals surface area contributed by atoms with E-state index >= 15 is 0 Å². The predicted molar refractivity (Wildman–Crippen MR) is 117 cm³/mol. The molecule has 0 heterocycles. The Morgan fingerprint density at radius 2 is 1.24 bits per heavy atom. The first-order valence-corrected chi connectivity index (χ1v) is 9.54. The minimum absolute atomic E-state index is 0.117. The van der Waals surface area contributed by atoms with Crippen molar-refractivity contribution in [3.63, 3.8) is 0 Å². The van der Waals surface area contributed by atoms with Gasteiger partial charge in [0.2, 0.25) is 0 Å². The highest BCUT2D eigenvalue weighted by Crippen LogP contribution is 2.23. The molecule has 0 fully saturated rings. The van der Waals surface area contributed by atoms with Gasteiger partial charge >= 0.3 is 0 Å². The van der Waals surface area contributed by atoms with E-state index in [1.54, 1.807) is 0 Å². The first-order chi connectivity index (χ1) is 14.3. The Bertz CT molecular complexity index is 1070. The molecule has 4 aromatic rings. The maximum atomic E-state index is 12.9. The third kappa shape index (κ3) is 4.90. The van der Waals surface area contributed by atoms with Crippen molar-refractivity contribution < 1.29 is 9.53 Å². The molecule has 1 amide bonds. The van der Waals surface area contributed by atoms with Gasteiger partial charge in [-0.05, 0) is 60.0 Å². The van der Waals surface area contributed by atoms with Crippen molar-refractivity contribution in [3.8, 4) is 11.5 Å². The van der Waals surface area contributed by atoms with Gasteiger partial charge in [0.15, 0.2) is 0 Å². The van der Waals surface area contributed by atoms with Crippen LogP contribution in [-0.4, -0.2) is 5.91 Å². The number of amides is 1. The zero-order chi connectivity index (χ0) is 19.9. The highest BCUT2D eigenvalue weighted by molar-refractivity contribution is 6.05. The lowest BCUT2D eigenvalue weighted by Gasteiger charge is -2.11. The van der Waals surface area contributed by atoms with E-state index in [1.165, 1.54) is 5.56 Å². The Labute approximate surface area is 170 Å². The Morgan fingerprint density at radius 1 is 0.655 bits per heavy atom. The van der Waals surface area contributed by atoms with Gasteiger partial charge in [-0.1, -0.05) is 66.7 Å². The molecule has 0 saturated carbocycles. The van der Waals surface area contributed by atoms with Gasteiger partial charge in [-0.3, -0.25) is 4.79 Å². The maximum Gasteiger partial charge on any atom is 0.255 e. The summed E-state index contributed by atoms with van der Waals surface area (Å²) in [6, 6.07) is 34.8. The number of para-hydroxylation sites is 1. The minimum Gasteiger partial charge on any atom is -0.457 e. The number of carbonyl (C=O) groups is 1. The third-order valence-corrected chi connectivity index (χ3v) is 4.59. The van der Waals surface area contributed by atoms with Crippen molar-refractivity contribution in [1.29, 1.82) is 0 Å². The topological polar surface area (TPSA) is 38.3 Å². The summed E-state index contributed by atoms with van der Waals surface area (Å²) in [6.45, 7) is 0. The summed E-state index contributed by atoms with van der Waals surface area (Å²) in [5.41, 5.74) is 3.58. The van der Waals surface area contributed by atoms with Crippen LogP contribution in [-0.2, 0) is 6.42 Å². The number of benzene rings is 4. The lowest BCUT2D eigenvalue weighted by molar-refractivity contribution is 0.102. The molecule has 0 unspecified atom stereocenters. The molecule has 0 spiro atoms. The van der Waals surface area contributed by atoms with Crippen molar-refractivity contribution in [1.82, 2.24) is 0 Å². The molecule has 29 heavy (non-hydrogen) atoms. The first-order valence-electron chi connectivity index (χ1n) is 9.54. The summed E-state index contributed by atoms with van der Waals surface area (Å²) >= 11 is 0. The standard InChI is InChI=1S/C26H21NO2/c28-26(25-14-8-7-11-21(25)19-20-9-3-1-4-10-20)27-22-15-17-24(18-16-22)29-23-12-5-2-6-13-23/h1-18H,19H2,(H,27,28). The number of hydrogen-bond donors (Lipinski definition) is 1. The van der Waals surface area contributed by atoms with Crippen LogP contribution in [0.2, 0.25) is 0 Å². The van der Waals surface area contributed by atoms with Crippen LogP contribution in [0.4, 0.5) is 5.69 Å². The van der Waals surface area contributed by atoms with Gasteiger partial charge in [-0.15, -0.1) is 0 Å². The Morgan fingerprint density at radius 3 is 1.97 bits per heavy atom. The lowest BCUT2D eigenvalue weighted by atomic mass is 9.99. The number of anilines is 1. The van der Waals surface area contributed by atoms with E-state index in [0.29, 0.717) is 12.0 Å². The number of nitrogens with one attached hydrogen (secondary N) is 1. The second-order valence-electron chi connectivity index (χ2n) is 6.71. The molecule has 0 radical (unpaired) electrons. The molecule has 3 heteroatoms. The van der Waals surface area contributed by atoms with Crippen LogP contribution in [0.25, 0.3) is 0 Å². The molecule has 0 aromatic heterocycles. The molecular formula is C26H21NO2. The van der Waals surface area contributed by atoms with E-state index in [0.717, 1.165) is 22.7 Å². The summed E-state index contributed by atoms with van der Waals surface area (Å²) in [6.07, 6.45) is 0.717. The Kier molecular flexibility index (Phi) is 5.68. The van der Waals surface area contributed by atoms with Crippen LogP contribution in [0.5, 0.6) is 11.5 Å². The smallest absolute Gasteiger partial charge is 0.255 e. The fraction of sp³-hybridized carbons (Fsp3) is 0.0385. The molecule has 4 aromatic carbocycles. The van der Waals surface area contributed by atoms with Crippen molar-refractivity contribution in [3.05, 3.63) is 126 Å². The fourth-order valence-corrected chi connectivity index (χ4v) is 3.14. The zero-order valence-corrected chi connectivity index (χ0v) is 15.9. The van der Waals surface area contributed by atoms with Gasteiger partial charge in [-0.25, -0.2) is 0 Å². The number of carbonyl (C=O) groups excluding carboxylic acids is 1. The highest BCUT2D eigenvalue weighted by atomic mass is 16.5. The molecule has 0 aliphatic heterocycles. The number of rotatable bonds is 6. The molecule has 1 N–H and O–H groups in total. The SMILES string of the molecule is O=C(Nc1ccc(Oc2ccccc2)cc1)c1ccccc1Cc1ccccc1. The monoisotopic (exact) mass is 379 g/mol. The molecular weight excluding hydrogens is 358 g/mol. The van der Waals surface area contributed by atoms with Crippen molar-refractivity contribution >= 4 is 11.6 Å². The van der Waals surface area contributed by atoms with Gasteiger partial charge in [0, 0.05) is 11.3 Å². The van der Waals surface area contributed by atoms with Gasteiger partial charge in [0.25, 0.3) is 5.91 Å². The minimum atomic E-state index is -0.117. The van der Waals surface area contributed by atoms with Gasteiger partial charge in [0.05, 0.1) is 0 Å². The highest BCUT2D eigenvalue weighted by Gasteiger charge is 2.12. The van der Waals surface area contributed by atoms with E-state index in [1.807, 2.05) is 97.1 Å². The fourth-order valence-electron chi connectivity index (χ4n) is 3.14. The molecule has 0 aliphatic rings. The summed E-state index contributed by atoms with van der Waals surface area (Å²) in [4.78, 5) is 12.9. The van der Waals surface area contributed by atoms with Crippen LogP contribution in [0.3, 0.4) is 0 Å². The Hall–Kier alpha value is -3.85. The average molecular weight is 379 g/mol. The third-order valence-electron chi connectivity index (χ3n) is 4.59. The molecule has 0 atom stereocenters.